The van der Waals surface area contributed by atoms with Gasteiger partial charge in [-0.1, -0.05) is 12.1 Å². The van der Waals surface area contributed by atoms with Crippen molar-refractivity contribution in [1.82, 2.24) is 15.5 Å². The quantitative estimate of drug-likeness (QED) is 0.360. The zero-order valence-electron chi connectivity index (χ0n) is 20.4. The van der Waals surface area contributed by atoms with Gasteiger partial charge in [0.25, 0.3) is 5.56 Å². The van der Waals surface area contributed by atoms with Gasteiger partial charge < -0.3 is 20.1 Å². The number of anilines is 2. The Morgan fingerprint density at radius 1 is 1.16 bits per heavy atom. The summed E-state index contributed by atoms with van der Waals surface area (Å²) in [5.41, 5.74) is -1.34. The number of carbonyl (C=O) groups excluding carboxylic acids is 2. The highest BCUT2D eigenvalue weighted by molar-refractivity contribution is 5.99. The van der Waals surface area contributed by atoms with Gasteiger partial charge in [0.1, 0.15) is 5.75 Å². The van der Waals surface area contributed by atoms with Crippen molar-refractivity contribution in [3.63, 3.8) is 0 Å². The molecular weight excluding hydrogens is 505 g/mol. The third-order valence-electron chi connectivity index (χ3n) is 6.29. The molecule has 1 aromatic heterocycles. The van der Waals surface area contributed by atoms with Crippen LogP contribution in [0.4, 0.5) is 24.5 Å². The predicted molar refractivity (Wildman–Crippen MR) is 131 cm³/mol. The van der Waals surface area contributed by atoms with Gasteiger partial charge in [-0.3, -0.25) is 14.4 Å². The fourth-order valence-electron chi connectivity index (χ4n) is 4.17. The number of halogens is 3. The molecule has 0 radical (unpaired) electrons. The number of ketones is 1. The van der Waals surface area contributed by atoms with Crippen LogP contribution in [0.5, 0.6) is 5.75 Å². The number of benzene rings is 2. The van der Waals surface area contributed by atoms with Crippen molar-refractivity contribution in [3.05, 3.63) is 81.8 Å². The smallest absolute Gasteiger partial charge is 0.418 e. The van der Waals surface area contributed by atoms with Crippen molar-refractivity contribution in [2.45, 2.75) is 25.6 Å². The number of aromatic nitrogens is 2. The van der Waals surface area contributed by atoms with Gasteiger partial charge in [0.15, 0.2) is 5.78 Å². The second-order valence-corrected chi connectivity index (χ2v) is 8.93. The van der Waals surface area contributed by atoms with Crippen molar-refractivity contribution in [3.8, 4) is 5.75 Å². The molecular formula is C26H25F3N4O5. The maximum absolute atomic E-state index is 13.5. The number of nitrogens with zero attached hydrogens (tertiary/aromatic N) is 1. The minimum Gasteiger partial charge on any atom is -0.497 e. The van der Waals surface area contributed by atoms with E-state index in [0.717, 1.165) is 12.1 Å². The Morgan fingerprint density at radius 3 is 2.55 bits per heavy atom. The van der Waals surface area contributed by atoms with E-state index in [1.165, 1.54) is 25.4 Å². The van der Waals surface area contributed by atoms with Crippen molar-refractivity contribution in [2.75, 3.05) is 25.6 Å². The molecule has 3 N–H and O–H groups in total. The minimum absolute atomic E-state index is 0.0629. The number of hydrogen-bond acceptors (Lipinski definition) is 7. The van der Waals surface area contributed by atoms with E-state index in [4.69, 9.17) is 9.47 Å². The fourth-order valence-corrected chi connectivity index (χ4v) is 4.17. The second-order valence-electron chi connectivity index (χ2n) is 8.93. The number of ether oxygens (including phenoxy) is 2. The molecule has 1 aliphatic rings. The molecule has 3 aromatic rings. The van der Waals surface area contributed by atoms with Crippen LogP contribution in [-0.2, 0) is 22.3 Å². The predicted octanol–water partition coefficient (Wildman–Crippen LogP) is 3.84. The van der Waals surface area contributed by atoms with E-state index in [0.29, 0.717) is 24.3 Å². The molecule has 0 saturated carbocycles. The number of rotatable bonds is 9. The Morgan fingerprint density at radius 2 is 1.92 bits per heavy atom. The summed E-state index contributed by atoms with van der Waals surface area (Å²) in [5, 5.41) is 11.4. The summed E-state index contributed by atoms with van der Waals surface area (Å²) in [5.74, 6) is -0.664. The van der Waals surface area contributed by atoms with E-state index in [9.17, 15) is 27.6 Å². The van der Waals surface area contributed by atoms with Crippen molar-refractivity contribution >= 4 is 23.1 Å². The van der Waals surface area contributed by atoms with Gasteiger partial charge >= 0.3 is 6.18 Å². The number of carbonyl (C=O) groups is 2. The molecule has 1 atom stereocenters. The number of Topliss-reactive ketones (excluding diaryl/α,β-unsaturated/α-hetero) is 1. The van der Waals surface area contributed by atoms with Crippen LogP contribution >= 0.6 is 0 Å². The number of amides is 1. The molecule has 9 nitrogen and oxygen atoms in total. The third kappa shape index (κ3) is 6.20. The van der Waals surface area contributed by atoms with Crippen LogP contribution < -0.4 is 20.9 Å². The first-order chi connectivity index (χ1) is 18.1. The first-order valence-electron chi connectivity index (χ1n) is 11.6. The molecule has 0 bridgehead atoms. The number of aromatic amines is 1. The van der Waals surface area contributed by atoms with Crippen molar-refractivity contribution in [1.29, 1.82) is 0 Å². The van der Waals surface area contributed by atoms with E-state index in [-0.39, 0.29) is 42.5 Å². The molecule has 1 amide bonds. The van der Waals surface area contributed by atoms with E-state index < -0.39 is 28.5 Å². The first-order valence-corrected chi connectivity index (χ1v) is 11.6. The third-order valence-corrected chi connectivity index (χ3v) is 6.29. The summed E-state index contributed by atoms with van der Waals surface area (Å²) < 4.78 is 50.8. The Kier molecular flexibility index (Phi) is 7.81. The number of methoxy groups -OCH3 is 1. The molecule has 38 heavy (non-hydrogen) atoms. The molecule has 2 aromatic carbocycles. The SMILES string of the molecule is COc1ccc(Nc2ccc(CNC(=O)[C@]3(CC(=O)c4cn[nH]c(=O)c4)CCOC3)cc2)c(C(F)(F)F)c1. The average molecular weight is 531 g/mol. The maximum atomic E-state index is 13.5. The van der Waals surface area contributed by atoms with E-state index >= 15 is 0 Å². The summed E-state index contributed by atoms with van der Waals surface area (Å²) in [6.45, 7) is 0.519. The monoisotopic (exact) mass is 530 g/mol. The highest BCUT2D eigenvalue weighted by atomic mass is 19.4. The Hall–Kier alpha value is -4.19. The van der Waals surface area contributed by atoms with Gasteiger partial charge in [-0.25, -0.2) is 5.10 Å². The lowest BCUT2D eigenvalue weighted by Gasteiger charge is -2.25. The Labute approximate surface area is 215 Å². The van der Waals surface area contributed by atoms with Crippen LogP contribution in [0, 0.1) is 5.41 Å². The van der Waals surface area contributed by atoms with Crippen LogP contribution in [0.15, 0.2) is 59.5 Å². The lowest BCUT2D eigenvalue weighted by atomic mass is 9.80. The number of nitrogens with one attached hydrogen (secondary N) is 3. The van der Waals surface area contributed by atoms with Gasteiger partial charge in [-0.2, -0.15) is 18.3 Å². The van der Waals surface area contributed by atoms with Crippen LogP contribution in [-0.4, -0.2) is 42.2 Å². The zero-order chi connectivity index (χ0) is 27.3. The highest BCUT2D eigenvalue weighted by Crippen LogP contribution is 2.38. The zero-order valence-corrected chi connectivity index (χ0v) is 20.4. The molecule has 1 fully saturated rings. The van der Waals surface area contributed by atoms with Crippen LogP contribution in [0.2, 0.25) is 0 Å². The number of hydrogen-bond donors (Lipinski definition) is 3. The Balaban J connectivity index is 1.41. The lowest BCUT2D eigenvalue weighted by Crippen LogP contribution is -2.42. The molecule has 1 saturated heterocycles. The summed E-state index contributed by atoms with van der Waals surface area (Å²) in [4.78, 5) is 37.3. The van der Waals surface area contributed by atoms with Gasteiger partial charge in [0.2, 0.25) is 5.91 Å². The van der Waals surface area contributed by atoms with Gasteiger partial charge in [-0.05, 0) is 42.3 Å². The topological polar surface area (TPSA) is 122 Å². The van der Waals surface area contributed by atoms with Crippen LogP contribution in [0.25, 0.3) is 0 Å². The molecule has 0 unspecified atom stereocenters. The number of alkyl halides is 3. The summed E-state index contributed by atoms with van der Waals surface area (Å²) in [7, 11) is 1.29. The summed E-state index contributed by atoms with van der Waals surface area (Å²) in [6, 6.07) is 11.3. The molecule has 4 rings (SSSR count). The fraction of sp³-hybridized carbons (Fsp3) is 0.308. The minimum atomic E-state index is -4.57. The van der Waals surface area contributed by atoms with E-state index in [2.05, 4.69) is 20.8 Å². The molecule has 0 aliphatic carbocycles. The van der Waals surface area contributed by atoms with E-state index in [1.807, 2.05) is 0 Å². The largest absolute Gasteiger partial charge is 0.497 e. The van der Waals surface area contributed by atoms with Crippen molar-refractivity contribution < 1.29 is 32.2 Å². The normalized spacial score (nSPS) is 17.2. The first kappa shape index (κ1) is 26.9. The van der Waals surface area contributed by atoms with Crippen LogP contribution in [0.1, 0.15) is 34.3 Å². The second kappa shape index (κ2) is 11.1. The molecule has 1 aliphatic heterocycles. The number of H-pyrrole nitrogens is 1. The Bertz CT molecular complexity index is 1370. The average Bonchev–Trinajstić information content (AvgIpc) is 3.37. The van der Waals surface area contributed by atoms with Gasteiger partial charge in [0, 0.05) is 36.9 Å². The van der Waals surface area contributed by atoms with Crippen molar-refractivity contribution in [2.24, 2.45) is 5.41 Å². The molecule has 200 valence electrons. The highest BCUT2D eigenvalue weighted by Gasteiger charge is 2.44. The van der Waals surface area contributed by atoms with E-state index in [1.54, 1.807) is 24.3 Å². The summed E-state index contributed by atoms with van der Waals surface area (Å²) >= 11 is 0. The van der Waals surface area contributed by atoms with Crippen LogP contribution in [0.3, 0.4) is 0 Å². The lowest BCUT2D eigenvalue weighted by molar-refractivity contribution is -0.137. The molecule has 12 heteroatoms. The van der Waals surface area contributed by atoms with Gasteiger partial charge in [-0.15, -0.1) is 0 Å². The van der Waals surface area contributed by atoms with Gasteiger partial charge in [0.05, 0.1) is 36.6 Å². The summed E-state index contributed by atoms with van der Waals surface area (Å²) in [6.07, 6.45) is -3.14. The molecule has 2 heterocycles. The standard InChI is InChI=1S/C26H25F3N4O5/c1-37-19-6-7-21(20(11-19)26(27,28)29)32-18-4-2-16(3-5-18)13-30-24(36)25(8-9-38-15-25)12-22(34)17-10-23(35)33-31-14-17/h2-7,10-11,14,32H,8-9,12-13,15H2,1H3,(H,30,36)(H,33,35)/t25-/m0/s1. The maximum Gasteiger partial charge on any atom is 0.418 e. The molecule has 0 spiro atoms.